The maximum Gasteiger partial charge on any atom is 0.471 e. The number of benzene rings is 2. The van der Waals surface area contributed by atoms with Gasteiger partial charge in [-0.25, -0.2) is 8.42 Å². The lowest BCUT2D eigenvalue weighted by atomic mass is 10.1. The SMILES string of the molecule is COc1ccc(-c2ccc(N3CCN(S(=O)(=O)c4ccc5c(c4)CC(C)N5C(=O)C(F)(F)F)CC3)nn2)cc1. The number of aromatic nitrogens is 2. The normalized spacial score (nSPS) is 18.2. The van der Waals surface area contributed by atoms with Gasteiger partial charge < -0.3 is 14.5 Å². The number of sulfonamides is 1. The molecule has 13 heteroatoms. The van der Waals surface area contributed by atoms with Crippen LogP contribution in [0.2, 0.25) is 0 Å². The molecule has 0 saturated carbocycles. The third kappa shape index (κ3) is 5.15. The number of halogens is 3. The quantitative estimate of drug-likeness (QED) is 0.471. The Morgan fingerprint density at radius 3 is 2.26 bits per heavy atom. The van der Waals surface area contributed by atoms with Crippen LogP contribution < -0.4 is 14.5 Å². The standard InChI is InChI=1S/C26H26F3N5O4S/c1-17-15-19-16-21(7-9-23(19)34(17)25(35)26(27,28)29)39(36,37)33-13-11-32(12-14-33)24-10-8-22(30-31-24)18-3-5-20(38-2)6-4-18/h3-10,16-17H,11-15H2,1-2H3. The summed E-state index contributed by atoms with van der Waals surface area (Å²) in [5.41, 5.74) is 2.07. The third-order valence-electron chi connectivity index (χ3n) is 6.96. The van der Waals surface area contributed by atoms with Crippen LogP contribution in [0.25, 0.3) is 11.3 Å². The molecule has 9 nitrogen and oxygen atoms in total. The summed E-state index contributed by atoms with van der Waals surface area (Å²) in [5, 5.41) is 8.62. The number of nitrogens with zero attached hydrogens (tertiary/aromatic N) is 5. The van der Waals surface area contributed by atoms with Crippen LogP contribution in [0.3, 0.4) is 0 Å². The van der Waals surface area contributed by atoms with Gasteiger partial charge in [0.1, 0.15) is 5.75 Å². The number of anilines is 2. The molecule has 2 aliphatic heterocycles. The zero-order valence-corrected chi connectivity index (χ0v) is 22.0. The van der Waals surface area contributed by atoms with Crippen molar-refractivity contribution in [3.05, 3.63) is 60.2 Å². The predicted molar refractivity (Wildman–Crippen MR) is 138 cm³/mol. The van der Waals surface area contributed by atoms with E-state index in [0.29, 0.717) is 35.1 Å². The maximum atomic E-state index is 13.3. The van der Waals surface area contributed by atoms with E-state index in [-0.39, 0.29) is 30.1 Å². The molecular formula is C26H26F3N5O4S. The highest BCUT2D eigenvalue weighted by Crippen LogP contribution is 2.37. The first-order valence-electron chi connectivity index (χ1n) is 12.3. The van der Waals surface area contributed by atoms with E-state index in [1.807, 2.05) is 41.3 Å². The molecule has 0 aliphatic carbocycles. The van der Waals surface area contributed by atoms with Gasteiger partial charge in [0.05, 0.1) is 17.7 Å². The number of rotatable bonds is 5. The number of alkyl halides is 3. The van der Waals surface area contributed by atoms with Crippen molar-refractivity contribution in [1.82, 2.24) is 14.5 Å². The van der Waals surface area contributed by atoms with Crippen LogP contribution in [0.5, 0.6) is 5.75 Å². The van der Waals surface area contributed by atoms with E-state index in [1.54, 1.807) is 7.11 Å². The molecule has 3 heterocycles. The molecule has 1 saturated heterocycles. The van der Waals surface area contributed by atoms with Crippen molar-refractivity contribution in [2.45, 2.75) is 30.5 Å². The number of carbonyl (C=O) groups is 1. The number of amides is 1. The van der Waals surface area contributed by atoms with E-state index >= 15 is 0 Å². The molecule has 1 fully saturated rings. The summed E-state index contributed by atoms with van der Waals surface area (Å²) in [4.78, 5) is 14.5. The van der Waals surface area contributed by atoms with Crippen molar-refractivity contribution < 1.29 is 31.1 Å². The number of fused-ring (bicyclic) bond motifs is 1. The van der Waals surface area contributed by atoms with E-state index < -0.39 is 28.1 Å². The molecule has 2 aromatic carbocycles. The van der Waals surface area contributed by atoms with E-state index in [2.05, 4.69) is 10.2 Å². The van der Waals surface area contributed by atoms with Crippen molar-refractivity contribution in [2.75, 3.05) is 43.1 Å². The number of carbonyl (C=O) groups excluding carboxylic acids is 1. The smallest absolute Gasteiger partial charge is 0.471 e. The van der Waals surface area contributed by atoms with Gasteiger partial charge in [0.15, 0.2) is 5.82 Å². The zero-order valence-electron chi connectivity index (χ0n) is 21.2. The molecule has 3 aromatic rings. The second-order valence-electron chi connectivity index (χ2n) is 9.41. The molecule has 5 rings (SSSR count). The van der Waals surface area contributed by atoms with E-state index in [1.165, 1.54) is 29.4 Å². The lowest BCUT2D eigenvalue weighted by Crippen LogP contribution is -2.49. The first-order chi connectivity index (χ1) is 18.5. The van der Waals surface area contributed by atoms with Crippen LogP contribution in [0.4, 0.5) is 24.7 Å². The lowest BCUT2D eigenvalue weighted by molar-refractivity contribution is -0.170. The average molecular weight is 562 g/mol. The number of ether oxygens (including phenoxy) is 1. The lowest BCUT2D eigenvalue weighted by Gasteiger charge is -2.34. The summed E-state index contributed by atoms with van der Waals surface area (Å²) in [5.74, 6) is -0.588. The maximum absolute atomic E-state index is 13.3. The molecule has 0 spiro atoms. The molecule has 0 bridgehead atoms. The Kier molecular flexibility index (Phi) is 6.97. The monoisotopic (exact) mass is 561 g/mol. The minimum absolute atomic E-state index is 0.00755. The Morgan fingerprint density at radius 1 is 0.974 bits per heavy atom. The van der Waals surface area contributed by atoms with Crippen LogP contribution in [0, 0.1) is 0 Å². The summed E-state index contributed by atoms with van der Waals surface area (Å²) in [6, 6.07) is 14.3. The molecule has 1 unspecified atom stereocenters. The summed E-state index contributed by atoms with van der Waals surface area (Å²) in [6.45, 7) is 2.70. The average Bonchev–Trinajstić information content (AvgIpc) is 3.27. The molecule has 1 amide bonds. The number of piperazine rings is 1. The first kappa shape index (κ1) is 26.9. The van der Waals surface area contributed by atoms with E-state index in [4.69, 9.17) is 4.74 Å². The van der Waals surface area contributed by atoms with Gasteiger partial charge in [-0.15, -0.1) is 10.2 Å². The van der Waals surface area contributed by atoms with E-state index in [0.717, 1.165) is 11.3 Å². The van der Waals surface area contributed by atoms with Crippen molar-refractivity contribution in [2.24, 2.45) is 0 Å². The fraction of sp³-hybridized carbons (Fsp3) is 0.346. The van der Waals surface area contributed by atoms with Crippen molar-refractivity contribution in [1.29, 1.82) is 0 Å². The molecule has 0 N–H and O–H groups in total. The molecule has 206 valence electrons. The van der Waals surface area contributed by atoms with Gasteiger partial charge in [0.25, 0.3) is 0 Å². The first-order valence-corrected chi connectivity index (χ1v) is 13.7. The highest BCUT2D eigenvalue weighted by Gasteiger charge is 2.47. The van der Waals surface area contributed by atoms with Gasteiger partial charge >= 0.3 is 12.1 Å². The molecule has 1 aromatic heterocycles. The summed E-state index contributed by atoms with van der Waals surface area (Å²) in [7, 11) is -2.29. The molecule has 0 radical (unpaired) electrons. The highest BCUT2D eigenvalue weighted by atomic mass is 32.2. The second-order valence-corrected chi connectivity index (χ2v) is 11.4. The van der Waals surface area contributed by atoms with Gasteiger partial charge in [-0.3, -0.25) is 4.79 Å². The highest BCUT2D eigenvalue weighted by molar-refractivity contribution is 7.89. The molecular weight excluding hydrogens is 535 g/mol. The van der Waals surface area contributed by atoms with E-state index in [9.17, 15) is 26.4 Å². The summed E-state index contributed by atoms with van der Waals surface area (Å²) >= 11 is 0. The van der Waals surface area contributed by atoms with Gasteiger partial charge in [-0.05, 0) is 73.5 Å². The van der Waals surface area contributed by atoms with Crippen LogP contribution in [0.1, 0.15) is 12.5 Å². The van der Waals surface area contributed by atoms with Crippen LogP contribution >= 0.6 is 0 Å². The fourth-order valence-electron chi connectivity index (χ4n) is 4.93. The number of hydrogen-bond donors (Lipinski definition) is 0. The molecule has 2 aliphatic rings. The topological polar surface area (TPSA) is 95.9 Å². The van der Waals surface area contributed by atoms with Gasteiger partial charge in [0.2, 0.25) is 10.0 Å². The van der Waals surface area contributed by atoms with Crippen LogP contribution in [-0.2, 0) is 21.2 Å². The van der Waals surface area contributed by atoms with Crippen LogP contribution in [-0.4, -0.2) is 74.3 Å². The van der Waals surface area contributed by atoms with Crippen molar-refractivity contribution in [3.8, 4) is 17.0 Å². The summed E-state index contributed by atoms with van der Waals surface area (Å²) in [6.07, 6.45) is -4.87. The number of hydrogen-bond acceptors (Lipinski definition) is 7. The van der Waals surface area contributed by atoms with Gasteiger partial charge in [-0.2, -0.15) is 17.5 Å². The minimum atomic E-state index is -5.01. The van der Waals surface area contributed by atoms with Gasteiger partial charge in [-0.1, -0.05) is 0 Å². The Hall–Kier alpha value is -3.71. The Bertz CT molecular complexity index is 1470. The minimum Gasteiger partial charge on any atom is -0.497 e. The fourth-order valence-corrected chi connectivity index (χ4v) is 6.40. The Labute approximate surface area is 223 Å². The second kappa shape index (κ2) is 10.1. The Morgan fingerprint density at radius 2 is 1.67 bits per heavy atom. The summed E-state index contributed by atoms with van der Waals surface area (Å²) < 4.78 is 72.3. The molecule has 39 heavy (non-hydrogen) atoms. The molecule has 1 atom stereocenters. The predicted octanol–water partition coefficient (Wildman–Crippen LogP) is 3.50. The van der Waals surface area contributed by atoms with Crippen LogP contribution in [0.15, 0.2) is 59.5 Å². The third-order valence-corrected chi connectivity index (χ3v) is 8.86. The van der Waals surface area contributed by atoms with Gasteiger partial charge in [0, 0.05) is 43.5 Å². The zero-order chi connectivity index (χ0) is 27.9. The largest absolute Gasteiger partial charge is 0.497 e. The number of methoxy groups -OCH3 is 1. The van der Waals surface area contributed by atoms with Crippen molar-refractivity contribution in [3.63, 3.8) is 0 Å². The van der Waals surface area contributed by atoms with Crippen molar-refractivity contribution >= 4 is 27.4 Å². The Balaban J connectivity index is 1.26.